The minimum absolute atomic E-state index is 0.135. The average molecular weight is 412 g/mol. The van der Waals surface area contributed by atoms with E-state index in [-0.39, 0.29) is 16.5 Å². The van der Waals surface area contributed by atoms with Gasteiger partial charge in [0, 0.05) is 17.8 Å². The summed E-state index contributed by atoms with van der Waals surface area (Å²) in [4.78, 5) is 16.8. The van der Waals surface area contributed by atoms with Crippen LogP contribution in [0.1, 0.15) is 9.80 Å². The molecule has 0 aromatic carbocycles. The van der Waals surface area contributed by atoms with Crippen LogP contribution in [-0.4, -0.2) is 52.5 Å². The minimum Gasteiger partial charge on any atom is -0.345 e. The molecule has 0 bridgehead atoms. The highest BCUT2D eigenvalue weighted by molar-refractivity contribution is 7.91. The molecule has 0 radical (unpaired) electrons. The molecule has 1 aliphatic heterocycles. The number of halogens is 1. The summed E-state index contributed by atoms with van der Waals surface area (Å²) in [5.41, 5.74) is 7.80. The topological polar surface area (TPSA) is 119 Å². The maximum absolute atomic E-state index is 12.5. The molecule has 2 atom stereocenters. The van der Waals surface area contributed by atoms with Gasteiger partial charge < -0.3 is 11.1 Å². The number of thiazole rings is 1. The fraction of sp³-hybridized carbons (Fsp3) is 0.267. The van der Waals surface area contributed by atoms with Crippen LogP contribution in [-0.2, 0) is 9.84 Å². The minimum atomic E-state index is -3.23. The summed E-state index contributed by atoms with van der Waals surface area (Å²) in [6.45, 7) is 0. The van der Waals surface area contributed by atoms with Gasteiger partial charge in [-0.25, -0.2) is 17.9 Å². The van der Waals surface area contributed by atoms with Crippen LogP contribution >= 0.6 is 22.9 Å². The third kappa shape index (κ3) is 3.09. The van der Waals surface area contributed by atoms with Gasteiger partial charge in [0.05, 0.1) is 29.3 Å². The van der Waals surface area contributed by atoms with Crippen molar-refractivity contribution in [1.29, 1.82) is 0 Å². The van der Waals surface area contributed by atoms with Gasteiger partial charge in [-0.1, -0.05) is 29.0 Å². The monoisotopic (exact) mass is 411 g/mol. The van der Waals surface area contributed by atoms with Crippen molar-refractivity contribution in [2.24, 2.45) is 5.73 Å². The van der Waals surface area contributed by atoms with E-state index in [4.69, 9.17) is 17.3 Å². The molecular formula is C15H14ClN5O3S2. The van der Waals surface area contributed by atoms with E-state index in [0.717, 1.165) is 16.9 Å². The number of sulfone groups is 1. The lowest BCUT2D eigenvalue weighted by Gasteiger charge is -2.14. The lowest BCUT2D eigenvalue weighted by molar-refractivity contribution is 0.0938. The Morgan fingerprint density at radius 1 is 1.38 bits per heavy atom. The molecule has 4 rings (SSSR count). The van der Waals surface area contributed by atoms with Crippen molar-refractivity contribution >= 4 is 44.2 Å². The molecule has 1 saturated heterocycles. The first-order valence-corrected chi connectivity index (χ1v) is 10.7. The van der Waals surface area contributed by atoms with Gasteiger partial charge in [-0.2, -0.15) is 5.10 Å². The van der Waals surface area contributed by atoms with Crippen molar-refractivity contribution < 1.29 is 13.2 Å². The number of hydrogen-bond acceptors (Lipinski definition) is 7. The molecule has 136 valence electrons. The zero-order valence-electron chi connectivity index (χ0n) is 13.3. The Balaban J connectivity index is 1.61. The van der Waals surface area contributed by atoms with Crippen LogP contribution in [0.15, 0.2) is 30.6 Å². The van der Waals surface area contributed by atoms with E-state index >= 15 is 0 Å². The van der Waals surface area contributed by atoms with E-state index in [1.165, 1.54) is 0 Å². The van der Waals surface area contributed by atoms with Gasteiger partial charge >= 0.3 is 0 Å². The highest BCUT2D eigenvalue weighted by Crippen LogP contribution is 2.34. The van der Waals surface area contributed by atoms with Crippen LogP contribution in [0.4, 0.5) is 0 Å². The first-order chi connectivity index (χ1) is 12.3. The number of carbonyl (C=O) groups is 1. The highest BCUT2D eigenvalue weighted by Gasteiger charge is 2.36. The van der Waals surface area contributed by atoms with E-state index in [0.29, 0.717) is 15.6 Å². The highest BCUT2D eigenvalue weighted by atomic mass is 35.5. The van der Waals surface area contributed by atoms with Gasteiger partial charge in [-0.15, -0.1) is 0 Å². The number of amides is 1. The number of carbonyl (C=O) groups excluding carboxylic acids is 1. The molecule has 1 aliphatic rings. The van der Waals surface area contributed by atoms with Crippen LogP contribution in [0.5, 0.6) is 0 Å². The lowest BCUT2D eigenvalue weighted by Crippen LogP contribution is -2.46. The molecule has 0 aliphatic carbocycles. The summed E-state index contributed by atoms with van der Waals surface area (Å²) in [5, 5.41) is 7.04. The zero-order valence-corrected chi connectivity index (χ0v) is 15.7. The number of fused-ring (bicyclic) bond motifs is 1. The number of hydrogen-bond donors (Lipinski definition) is 2. The predicted octanol–water partition coefficient (Wildman–Crippen LogP) is 0.965. The molecular weight excluding hydrogens is 398 g/mol. The van der Waals surface area contributed by atoms with Crippen molar-refractivity contribution in [3.8, 4) is 11.3 Å². The SMILES string of the molecule is NC1CS(=O)(=O)CC1NC(=O)c1nc(-c2cnn3ccccc23)c(Cl)s1. The van der Waals surface area contributed by atoms with Crippen molar-refractivity contribution in [3.63, 3.8) is 0 Å². The molecule has 26 heavy (non-hydrogen) atoms. The van der Waals surface area contributed by atoms with Crippen LogP contribution in [0.3, 0.4) is 0 Å². The molecule has 2 unspecified atom stereocenters. The quantitative estimate of drug-likeness (QED) is 0.662. The Hall–Kier alpha value is -2.01. The lowest BCUT2D eigenvalue weighted by atomic mass is 10.2. The molecule has 11 heteroatoms. The summed E-state index contributed by atoms with van der Waals surface area (Å²) < 4.78 is 25.3. The van der Waals surface area contributed by atoms with Gasteiger partial charge in [0.1, 0.15) is 10.0 Å². The fourth-order valence-electron chi connectivity index (χ4n) is 2.94. The maximum Gasteiger partial charge on any atom is 0.280 e. The molecule has 0 spiro atoms. The van der Waals surface area contributed by atoms with Gasteiger partial charge in [0.25, 0.3) is 5.91 Å². The second-order valence-corrected chi connectivity index (χ2v) is 9.81. The van der Waals surface area contributed by atoms with Crippen LogP contribution < -0.4 is 11.1 Å². The third-order valence-electron chi connectivity index (χ3n) is 4.17. The summed E-state index contributed by atoms with van der Waals surface area (Å²) in [6, 6.07) is 4.34. The van der Waals surface area contributed by atoms with Gasteiger partial charge in [0.15, 0.2) is 14.8 Å². The second kappa shape index (κ2) is 6.31. The van der Waals surface area contributed by atoms with Crippen LogP contribution in [0.25, 0.3) is 16.8 Å². The van der Waals surface area contributed by atoms with E-state index in [2.05, 4.69) is 15.4 Å². The first-order valence-electron chi connectivity index (χ1n) is 7.70. The summed E-state index contributed by atoms with van der Waals surface area (Å²) in [7, 11) is -3.23. The Morgan fingerprint density at radius 2 is 2.19 bits per heavy atom. The number of nitrogens with two attached hydrogens (primary N) is 1. The van der Waals surface area contributed by atoms with Gasteiger partial charge in [-0.05, 0) is 12.1 Å². The van der Waals surface area contributed by atoms with Crippen LogP contribution in [0.2, 0.25) is 4.34 Å². The number of nitrogens with zero attached hydrogens (tertiary/aromatic N) is 3. The fourth-order valence-corrected chi connectivity index (χ4v) is 5.84. The Bertz CT molecular complexity index is 1110. The van der Waals surface area contributed by atoms with Crippen molar-refractivity contribution in [2.45, 2.75) is 12.1 Å². The van der Waals surface area contributed by atoms with Crippen molar-refractivity contribution in [2.75, 3.05) is 11.5 Å². The summed E-state index contributed by atoms with van der Waals surface area (Å²) >= 11 is 7.32. The van der Waals surface area contributed by atoms with Crippen molar-refractivity contribution in [3.05, 3.63) is 39.9 Å². The molecule has 3 N–H and O–H groups in total. The second-order valence-electron chi connectivity index (χ2n) is 6.05. The standard InChI is InChI=1S/C15H14ClN5O3S2/c16-13-12(8-5-18-21-4-2-1-3-11(8)21)20-15(25-13)14(22)19-10-7-26(23,24)6-9(10)17/h1-5,9-10H,6-7,17H2,(H,19,22). The van der Waals surface area contributed by atoms with Crippen LogP contribution in [0, 0.1) is 0 Å². The van der Waals surface area contributed by atoms with Gasteiger partial charge in [-0.3, -0.25) is 4.79 Å². The van der Waals surface area contributed by atoms with Gasteiger partial charge in [0.2, 0.25) is 0 Å². The van der Waals surface area contributed by atoms with E-state index < -0.39 is 27.8 Å². The molecule has 3 aromatic rings. The molecule has 3 aromatic heterocycles. The maximum atomic E-state index is 12.5. The Morgan fingerprint density at radius 3 is 2.92 bits per heavy atom. The van der Waals surface area contributed by atoms with E-state index in [1.54, 1.807) is 16.9 Å². The zero-order chi connectivity index (χ0) is 18.5. The number of aromatic nitrogens is 3. The number of rotatable bonds is 3. The average Bonchev–Trinajstić information content (AvgIpc) is 3.23. The number of nitrogens with one attached hydrogen (secondary N) is 1. The van der Waals surface area contributed by atoms with E-state index in [1.807, 2.05) is 18.2 Å². The summed E-state index contributed by atoms with van der Waals surface area (Å²) in [5.74, 6) is -0.790. The molecule has 1 amide bonds. The largest absolute Gasteiger partial charge is 0.345 e. The Labute approximate surface area is 157 Å². The normalized spacial score (nSPS) is 21.9. The number of pyridine rings is 1. The summed E-state index contributed by atoms with van der Waals surface area (Å²) in [6.07, 6.45) is 3.44. The molecule has 0 saturated carbocycles. The van der Waals surface area contributed by atoms with Crippen molar-refractivity contribution in [1.82, 2.24) is 19.9 Å². The first kappa shape index (κ1) is 17.4. The molecule has 1 fully saturated rings. The smallest absolute Gasteiger partial charge is 0.280 e. The molecule has 4 heterocycles. The van der Waals surface area contributed by atoms with E-state index in [9.17, 15) is 13.2 Å². The Kier molecular flexibility index (Phi) is 4.22. The molecule has 8 nitrogen and oxygen atoms in total. The third-order valence-corrected chi connectivity index (χ3v) is 7.19. The predicted molar refractivity (Wildman–Crippen MR) is 99.2 cm³/mol.